The number of fused-ring (bicyclic) bond motifs is 3. The predicted molar refractivity (Wildman–Crippen MR) is 72.5 cm³/mol. The first kappa shape index (κ1) is 10.8. The topological polar surface area (TPSA) is 27.8 Å². The van der Waals surface area contributed by atoms with E-state index in [4.69, 9.17) is 0 Å². The minimum atomic E-state index is 0.655. The maximum atomic E-state index is 3.59. The van der Waals surface area contributed by atoms with Crippen molar-refractivity contribution in [2.75, 3.05) is 13.6 Å². The molecule has 1 aliphatic carbocycles. The highest BCUT2D eigenvalue weighted by Crippen LogP contribution is 2.39. The number of hydrogen-bond acceptors (Lipinski definition) is 1. The van der Waals surface area contributed by atoms with Gasteiger partial charge >= 0.3 is 0 Å². The zero-order chi connectivity index (χ0) is 11.8. The smallest absolute Gasteiger partial charge is 0.0459 e. The Kier molecular flexibility index (Phi) is 2.67. The Morgan fingerprint density at radius 3 is 3.00 bits per heavy atom. The molecular formula is C15H20N2. The standard InChI is InChI=1S/C15H20N2/c1-10-11(9-16-2)7-8-14-15(10)12-5-3-4-6-13(12)17-14/h3-6,10-11,16-17H,7-9H2,1-2H3/t10-,11+/m1/s1. The summed E-state index contributed by atoms with van der Waals surface area (Å²) in [5.41, 5.74) is 4.33. The lowest BCUT2D eigenvalue weighted by Crippen LogP contribution is -2.27. The van der Waals surface area contributed by atoms with Crippen LogP contribution in [0.1, 0.15) is 30.5 Å². The minimum Gasteiger partial charge on any atom is -0.358 e. The van der Waals surface area contributed by atoms with E-state index in [1.54, 1.807) is 5.56 Å². The average Bonchev–Trinajstić information content (AvgIpc) is 2.72. The Balaban J connectivity index is 2.09. The van der Waals surface area contributed by atoms with E-state index >= 15 is 0 Å². The van der Waals surface area contributed by atoms with E-state index in [2.05, 4.69) is 48.5 Å². The van der Waals surface area contributed by atoms with Gasteiger partial charge in [0.1, 0.15) is 0 Å². The maximum Gasteiger partial charge on any atom is 0.0459 e. The molecule has 2 aromatic rings. The first-order chi connectivity index (χ1) is 8.31. The van der Waals surface area contributed by atoms with E-state index in [-0.39, 0.29) is 0 Å². The number of aromatic nitrogens is 1. The zero-order valence-electron chi connectivity index (χ0n) is 10.6. The third kappa shape index (κ3) is 1.67. The number of rotatable bonds is 2. The van der Waals surface area contributed by atoms with E-state index in [1.165, 1.54) is 29.4 Å². The van der Waals surface area contributed by atoms with Crippen LogP contribution in [0.25, 0.3) is 10.9 Å². The molecule has 1 aliphatic rings. The van der Waals surface area contributed by atoms with Gasteiger partial charge in [-0.05, 0) is 49.9 Å². The van der Waals surface area contributed by atoms with Crippen molar-refractivity contribution in [2.24, 2.45) is 5.92 Å². The lowest BCUT2D eigenvalue weighted by atomic mass is 9.78. The molecule has 1 aromatic carbocycles. The molecule has 0 radical (unpaired) electrons. The van der Waals surface area contributed by atoms with Crippen LogP contribution < -0.4 is 5.32 Å². The van der Waals surface area contributed by atoms with E-state index < -0.39 is 0 Å². The highest BCUT2D eigenvalue weighted by Gasteiger charge is 2.28. The van der Waals surface area contributed by atoms with Crippen LogP contribution in [0.5, 0.6) is 0 Å². The Bertz CT molecular complexity index is 527. The fraction of sp³-hybridized carbons (Fsp3) is 0.467. The van der Waals surface area contributed by atoms with Gasteiger partial charge in [-0.25, -0.2) is 0 Å². The summed E-state index contributed by atoms with van der Waals surface area (Å²) in [5.74, 6) is 1.43. The van der Waals surface area contributed by atoms with Gasteiger partial charge in [-0.1, -0.05) is 25.1 Å². The molecule has 0 fully saturated rings. The van der Waals surface area contributed by atoms with Crippen molar-refractivity contribution in [1.82, 2.24) is 10.3 Å². The molecule has 1 heterocycles. The summed E-state index contributed by atoms with van der Waals surface area (Å²) in [5, 5.41) is 4.76. The summed E-state index contributed by atoms with van der Waals surface area (Å²) in [7, 11) is 2.05. The number of nitrogens with one attached hydrogen (secondary N) is 2. The normalized spacial score (nSPS) is 23.9. The second-order valence-corrected chi connectivity index (χ2v) is 5.21. The van der Waals surface area contributed by atoms with Crippen molar-refractivity contribution >= 4 is 10.9 Å². The van der Waals surface area contributed by atoms with Crippen LogP contribution in [0.3, 0.4) is 0 Å². The molecule has 0 spiro atoms. The molecule has 2 N–H and O–H groups in total. The van der Waals surface area contributed by atoms with Crippen molar-refractivity contribution in [3.8, 4) is 0 Å². The Morgan fingerprint density at radius 2 is 2.18 bits per heavy atom. The monoisotopic (exact) mass is 228 g/mol. The Labute approximate surface area is 102 Å². The van der Waals surface area contributed by atoms with Crippen LogP contribution in [-0.4, -0.2) is 18.6 Å². The van der Waals surface area contributed by atoms with E-state index in [9.17, 15) is 0 Å². The number of benzene rings is 1. The highest BCUT2D eigenvalue weighted by molar-refractivity contribution is 5.85. The minimum absolute atomic E-state index is 0.655. The first-order valence-corrected chi connectivity index (χ1v) is 6.55. The number of aromatic amines is 1. The molecule has 0 amide bonds. The van der Waals surface area contributed by atoms with Crippen molar-refractivity contribution in [1.29, 1.82) is 0 Å². The van der Waals surface area contributed by atoms with Gasteiger partial charge in [0.2, 0.25) is 0 Å². The summed E-state index contributed by atoms with van der Waals surface area (Å²) in [6.45, 7) is 3.50. The van der Waals surface area contributed by atoms with Gasteiger partial charge < -0.3 is 10.3 Å². The first-order valence-electron chi connectivity index (χ1n) is 6.55. The molecule has 17 heavy (non-hydrogen) atoms. The summed E-state index contributed by atoms with van der Waals surface area (Å²) >= 11 is 0. The Hall–Kier alpha value is -1.28. The molecule has 2 heteroatoms. The van der Waals surface area contributed by atoms with Gasteiger partial charge in [-0.2, -0.15) is 0 Å². The van der Waals surface area contributed by atoms with Crippen LogP contribution in [-0.2, 0) is 6.42 Å². The number of para-hydroxylation sites is 1. The van der Waals surface area contributed by atoms with Gasteiger partial charge in [0.05, 0.1) is 0 Å². The summed E-state index contributed by atoms with van der Waals surface area (Å²) in [6, 6.07) is 8.70. The molecule has 0 unspecified atom stereocenters. The average molecular weight is 228 g/mol. The lowest BCUT2D eigenvalue weighted by molar-refractivity contribution is 0.379. The highest BCUT2D eigenvalue weighted by atomic mass is 14.8. The van der Waals surface area contributed by atoms with Crippen molar-refractivity contribution in [3.63, 3.8) is 0 Å². The molecular weight excluding hydrogens is 208 g/mol. The van der Waals surface area contributed by atoms with Crippen molar-refractivity contribution < 1.29 is 0 Å². The van der Waals surface area contributed by atoms with Crippen molar-refractivity contribution in [2.45, 2.75) is 25.7 Å². The molecule has 90 valence electrons. The van der Waals surface area contributed by atoms with E-state index in [0.717, 1.165) is 12.5 Å². The predicted octanol–water partition coefficient (Wildman–Crippen LogP) is 3.05. The summed E-state index contributed by atoms with van der Waals surface area (Å²) in [4.78, 5) is 3.59. The fourth-order valence-corrected chi connectivity index (χ4v) is 3.29. The molecule has 1 aromatic heterocycles. The Morgan fingerprint density at radius 1 is 1.35 bits per heavy atom. The van der Waals surface area contributed by atoms with Crippen molar-refractivity contribution in [3.05, 3.63) is 35.5 Å². The third-order valence-electron chi connectivity index (χ3n) is 4.22. The van der Waals surface area contributed by atoms with E-state index in [1.807, 2.05) is 0 Å². The van der Waals surface area contributed by atoms with Gasteiger partial charge in [0, 0.05) is 16.6 Å². The molecule has 2 nitrogen and oxygen atoms in total. The lowest BCUT2D eigenvalue weighted by Gasteiger charge is -2.29. The molecule has 0 bridgehead atoms. The molecule has 0 saturated heterocycles. The van der Waals surface area contributed by atoms with Gasteiger partial charge in [0.15, 0.2) is 0 Å². The second kappa shape index (κ2) is 4.19. The summed E-state index contributed by atoms with van der Waals surface area (Å²) < 4.78 is 0. The van der Waals surface area contributed by atoms with Crippen LogP contribution in [0.2, 0.25) is 0 Å². The van der Waals surface area contributed by atoms with Gasteiger partial charge in [-0.3, -0.25) is 0 Å². The van der Waals surface area contributed by atoms with Gasteiger partial charge in [0.25, 0.3) is 0 Å². The van der Waals surface area contributed by atoms with Gasteiger partial charge in [-0.15, -0.1) is 0 Å². The number of hydrogen-bond donors (Lipinski definition) is 2. The van der Waals surface area contributed by atoms with Crippen LogP contribution in [0.15, 0.2) is 24.3 Å². The van der Waals surface area contributed by atoms with E-state index in [0.29, 0.717) is 5.92 Å². The summed E-state index contributed by atoms with van der Waals surface area (Å²) in [6.07, 6.45) is 2.49. The largest absolute Gasteiger partial charge is 0.358 e. The molecule has 0 aliphatic heterocycles. The zero-order valence-corrected chi connectivity index (χ0v) is 10.6. The number of aryl methyl sites for hydroxylation is 1. The molecule has 3 rings (SSSR count). The maximum absolute atomic E-state index is 3.59. The fourth-order valence-electron chi connectivity index (χ4n) is 3.29. The number of H-pyrrole nitrogens is 1. The van der Waals surface area contributed by atoms with Crippen LogP contribution >= 0.6 is 0 Å². The quantitative estimate of drug-likeness (QED) is 0.812. The SMILES string of the molecule is CNC[C@@H]1CCc2[nH]c3ccccc3c2[C@@H]1C. The molecule has 0 saturated carbocycles. The third-order valence-corrected chi connectivity index (χ3v) is 4.22. The van der Waals surface area contributed by atoms with Crippen LogP contribution in [0.4, 0.5) is 0 Å². The second-order valence-electron chi connectivity index (χ2n) is 5.21. The molecule has 2 atom stereocenters. The van der Waals surface area contributed by atoms with Crippen LogP contribution in [0, 0.1) is 5.92 Å².